The summed E-state index contributed by atoms with van der Waals surface area (Å²) < 4.78 is 2.20. The highest BCUT2D eigenvalue weighted by Crippen LogP contribution is 2.18. The third-order valence-electron chi connectivity index (χ3n) is 6.08. The van der Waals surface area contributed by atoms with Crippen LogP contribution < -0.4 is 5.32 Å². The molecule has 0 radical (unpaired) electrons. The van der Waals surface area contributed by atoms with E-state index in [4.69, 9.17) is 0 Å². The maximum absolute atomic E-state index is 12.5. The van der Waals surface area contributed by atoms with E-state index in [9.17, 15) is 4.79 Å². The van der Waals surface area contributed by atoms with E-state index in [0.29, 0.717) is 6.42 Å². The van der Waals surface area contributed by atoms with Gasteiger partial charge in [0.1, 0.15) is 5.82 Å². The molecule has 168 valence electrons. The number of hydrogen-bond acceptors (Lipinski definition) is 4. The number of nitrogens with zero attached hydrogens (tertiary/aromatic N) is 4. The van der Waals surface area contributed by atoms with E-state index in [-0.39, 0.29) is 11.9 Å². The van der Waals surface area contributed by atoms with Crippen LogP contribution >= 0.6 is 0 Å². The number of rotatable bonds is 7. The highest BCUT2D eigenvalue weighted by molar-refractivity contribution is 5.76. The van der Waals surface area contributed by atoms with Crippen molar-refractivity contribution in [3.05, 3.63) is 82.4 Å². The molecule has 0 fully saturated rings. The van der Waals surface area contributed by atoms with Gasteiger partial charge in [-0.05, 0) is 38.3 Å². The van der Waals surface area contributed by atoms with Crippen LogP contribution in [0, 0.1) is 13.8 Å². The summed E-state index contributed by atoms with van der Waals surface area (Å²) in [5.41, 5.74) is 5.16. The van der Waals surface area contributed by atoms with Crippen LogP contribution in [0.4, 0.5) is 0 Å². The molecule has 2 heterocycles. The first-order valence-electron chi connectivity index (χ1n) is 11.5. The fourth-order valence-corrected chi connectivity index (χ4v) is 4.57. The standard InChI is InChI=1S/C26H33N5O/c1-19-15-20(2)17-23(16-19)18-30-12-11-24-28-29-26(31(24)14-13-30)21(3)27-25(32)10-9-22-7-5-4-6-8-22/h4-8,15-17,21H,9-14,18H2,1-3H3,(H,27,32)/t21-/m1/s1. The van der Waals surface area contributed by atoms with Gasteiger partial charge in [-0.15, -0.1) is 10.2 Å². The normalized spacial score (nSPS) is 15.1. The molecule has 0 saturated carbocycles. The lowest BCUT2D eigenvalue weighted by atomic mass is 10.1. The quantitative estimate of drug-likeness (QED) is 0.619. The minimum absolute atomic E-state index is 0.0452. The van der Waals surface area contributed by atoms with Crippen LogP contribution in [-0.4, -0.2) is 38.7 Å². The molecule has 0 unspecified atom stereocenters. The first kappa shape index (κ1) is 22.2. The average Bonchev–Trinajstić information content (AvgIpc) is 3.07. The fourth-order valence-electron chi connectivity index (χ4n) is 4.57. The second kappa shape index (κ2) is 10.1. The maximum atomic E-state index is 12.5. The molecule has 3 aromatic rings. The molecular weight excluding hydrogens is 398 g/mol. The summed E-state index contributed by atoms with van der Waals surface area (Å²) in [6.45, 7) is 10.00. The van der Waals surface area contributed by atoms with Crippen molar-refractivity contribution in [3.8, 4) is 0 Å². The molecule has 0 bridgehead atoms. The Morgan fingerprint density at radius 3 is 2.50 bits per heavy atom. The Morgan fingerprint density at radius 1 is 1.00 bits per heavy atom. The Bertz CT molecular complexity index is 1040. The zero-order valence-electron chi connectivity index (χ0n) is 19.3. The molecule has 32 heavy (non-hydrogen) atoms. The molecule has 0 aliphatic carbocycles. The molecule has 1 aromatic heterocycles. The van der Waals surface area contributed by atoms with Crippen LogP contribution in [-0.2, 0) is 30.7 Å². The average molecular weight is 432 g/mol. The molecular formula is C26H33N5O. The summed E-state index contributed by atoms with van der Waals surface area (Å²) >= 11 is 0. The van der Waals surface area contributed by atoms with Crippen molar-refractivity contribution >= 4 is 5.91 Å². The number of nitrogens with one attached hydrogen (secondary N) is 1. The molecule has 1 aliphatic rings. The number of aryl methyl sites for hydroxylation is 3. The zero-order chi connectivity index (χ0) is 22.5. The number of hydrogen-bond donors (Lipinski definition) is 1. The van der Waals surface area contributed by atoms with Gasteiger partial charge >= 0.3 is 0 Å². The van der Waals surface area contributed by atoms with E-state index in [1.807, 2.05) is 25.1 Å². The minimum Gasteiger partial charge on any atom is -0.346 e. The van der Waals surface area contributed by atoms with Crippen molar-refractivity contribution in [2.75, 3.05) is 13.1 Å². The number of carbonyl (C=O) groups excluding carboxylic acids is 1. The molecule has 1 atom stereocenters. The third-order valence-corrected chi connectivity index (χ3v) is 6.08. The lowest BCUT2D eigenvalue weighted by molar-refractivity contribution is -0.121. The molecule has 1 N–H and O–H groups in total. The predicted molar refractivity (Wildman–Crippen MR) is 126 cm³/mol. The van der Waals surface area contributed by atoms with Gasteiger partial charge in [-0.1, -0.05) is 59.7 Å². The Morgan fingerprint density at radius 2 is 1.75 bits per heavy atom. The maximum Gasteiger partial charge on any atom is 0.220 e. The Balaban J connectivity index is 1.34. The van der Waals surface area contributed by atoms with Gasteiger partial charge in [-0.3, -0.25) is 9.69 Å². The summed E-state index contributed by atoms with van der Waals surface area (Å²) in [6, 6.07) is 16.7. The highest BCUT2D eigenvalue weighted by Gasteiger charge is 2.22. The van der Waals surface area contributed by atoms with Gasteiger partial charge in [0.05, 0.1) is 6.04 Å². The summed E-state index contributed by atoms with van der Waals surface area (Å²) in [4.78, 5) is 15.0. The van der Waals surface area contributed by atoms with Gasteiger partial charge in [0.25, 0.3) is 0 Å². The van der Waals surface area contributed by atoms with Crippen molar-refractivity contribution in [1.29, 1.82) is 0 Å². The first-order valence-corrected chi connectivity index (χ1v) is 11.5. The van der Waals surface area contributed by atoms with Crippen LogP contribution in [0.1, 0.15) is 53.3 Å². The topological polar surface area (TPSA) is 63.1 Å². The summed E-state index contributed by atoms with van der Waals surface area (Å²) in [5, 5.41) is 12.0. The number of amides is 1. The van der Waals surface area contributed by atoms with Gasteiger partial charge in [-0.2, -0.15) is 0 Å². The van der Waals surface area contributed by atoms with Gasteiger partial charge in [0.2, 0.25) is 5.91 Å². The molecule has 6 heteroatoms. The summed E-state index contributed by atoms with van der Waals surface area (Å²) in [5.74, 6) is 1.90. The largest absolute Gasteiger partial charge is 0.346 e. The van der Waals surface area contributed by atoms with Crippen LogP contribution in [0.25, 0.3) is 0 Å². The smallest absolute Gasteiger partial charge is 0.220 e. The predicted octanol–water partition coefficient (Wildman–Crippen LogP) is 3.76. The van der Waals surface area contributed by atoms with E-state index in [1.165, 1.54) is 22.3 Å². The van der Waals surface area contributed by atoms with Crippen molar-refractivity contribution in [2.45, 2.75) is 59.2 Å². The zero-order valence-corrected chi connectivity index (χ0v) is 19.3. The Labute approximate surface area is 190 Å². The molecule has 0 saturated heterocycles. The second-order valence-electron chi connectivity index (χ2n) is 8.92. The van der Waals surface area contributed by atoms with E-state index in [0.717, 1.165) is 50.7 Å². The van der Waals surface area contributed by atoms with Gasteiger partial charge in [0, 0.05) is 39.0 Å². The molecule has 2 aromatic carbocycles. The van der Waals surface area contributed by atoms with Crippen LogP contribution in [0.15, 0.2) is 48.5 Å². The van der Waals surface area contributed by atoms with E-state index < -0.39 is 0 Å². The highest BCUT2D eigenvalue weighted by atomic mass is 16.1. The lowest BCUT2D eigenvalue weighted by Crippen LogP contribution is -2.30. The first-order chi connectivity index (χ1) is 15.5. The number of aromatic nitrogens is 3. The van der Waals surface area contributed by atoms with Gasteiger partial charge in [-0.25, -0.2) is 0 Å². The molecule has 0 spiro atoms. The number of carbonyl (C=O) groups is 1. The van der Waals surface area contributed by atoms with Gasteiger partial charge < -0.3 is 9.88 Å². The number of benzene rings is 2. The number of fused-ring (bicyclic) bond motifs is 1. The van der Waals surface area contributed by atoms with Crippen molar-refractivity contribution in [3.63, 3.8) is 0 Å². The minimum atomic E-state index is -0.162. The summed E-state index contributed by atoms with van der Waals surface area (Å²) in [7, 11) is 0. The van der Waals surface area contributed by atoms with Crippen LogP contribution in [0.2, 0.25) is 0 Å². The van der Waals surface area contributed by atoms with Crippen molar-refractivity contribution in [1.82, 2.24) is 25.0 Å². The van der Waals surface area contributed by atoms with Gasteiger partial charge in [0.15, 0.2) is 5.82 Å². The molecule has 4 rings (SSSR count). The third kappa shape index (κ3) is 5.62. The second-order valence-corrected chi connectivity index (χ2v) is 8.92. The van der Waals surface area contributed by atoms with Crippen LogP contribution in [0.5, 0.6) is 0 Å². The fraction of sp³-hybridized carbons (Fsp3) is 0.423. The van der Waals surface area contributed by atoms with Crippen LogP contribution in [0.3, 0.4) is 0 Å². The Hall–Kier alpha value is -2.99. The Kier molecular flexibility index (Phi) is 7.00. The summed E-state index contributed by atoms with van der Waals surface area (Å²) in [6.07, 6.45) is 2.08. The van der Waals surface area contributed by atoms with E-state index in [2.05, 4.69) is 69.2 Å². The SMILES string of the molecule is Cc1cc(C)cc(CN2CCc3nnc([C@@H](C)NC(=O)CCc4ccccc4)n3CC2)c1. The molecule has 6 nitrogen and oxygen atoms in total. The van der Waals surface area contributed by atoms with E-state index in [1.54, 1.807) is 0 Å². The molecule has 1 aliphatic heterocycles. The van der Waals surface area contributed by atoms with Crippen molar-refractivity contribution < 1.29 is 4.79 Å². The lowest BCUT2D eigenvalue weighted by Gasteiger charge is -2.21. The van der Waals surface area contributed by atoms with Crippen molar-refractivity contribution in [2.24, 2.45) is 0 Å². The molecule has 1 amide bonds. The van der Waals surface area contributed by atoms with E-state index >= 15 is 0 Å². The monoisotopic (exact) mass is 431 g/mol.